The molecule has 0 saturated carbocycles. The first-order valence-electron chi connectivity index (χ1n) is 5.39. The van der Waals surface area contributed by atoms with Crippen molar-refractivity contribution in [2.24, 2.45) is 0 Å². The summed E-state index contributed by atoms with van der Waals surface area (Å²) >= 11 is 0. The number of ether oxygens (including phenoxy) is 1. The van der Waals surface area contributed by atoms with Gasteiger partial charge in [-0.25, -0.2) is 9.59 Å². The second-order valence-electron chi connectivity index (χ2n) is 3.53. The Morgan fingerprint density at radius 3 is 2.21 bits per heavy atom. The zero-order valence-electron chi connectivity index (χ0n) is 9.91. The highest BCUT2D eigenvalue weighted by Crippen LogP contribution is 2.23. The molecule has 1 heterocycles. The lowest BCUT2D eigenvalue weighted by molar-refractivity contribution is -0.134. The van der Waals surface area contributed by atoms with E-state index in [-0.39, 0.29) is 5.78 Å². The zero-order valence-corrected chi connectivity index (χ0v) is 9.91. The van der Waals surface area contributed by atoms with E-state index in [1.54, 1.807) is 6.07 Å². The zero-order chi connectivity index (χ0) is 14.3. The number of rotatable bonds is 2. The first-order valence-corrected chi connectivity index (χ1v) is 5.39. The highest BCUT2D eigenvalue weighted by atomic mass is 16.5. The quantitative estimate of drug-likeness (QED) is 0.782. The molecule has 0 radical (unpaired) electrons. The number of Topliss-reactive ketones (excluding diaryl/α,β-unsaturated/α-hetero) is 1. The Bertz CT molecular complexity index is 502. The number of hydrogen-bond donors (Lipinski definition) is 2. The number of carbonyl (C=O) groups is 3. The molecule has 6 heteroatoms. The molecule has 100 valence electrons. The van der Waals surface area contributed by atoms with Gasteiger partial charge in [-0.15, -0.1) is 0 Å². The Morgan fingerprint density at radius 2 is 1.68 bits per heavy atom. The molecule has 2 N–H and O–H groups in total. The number of carboxylic acids is 2. The van der Waals surface area contributed by atoms with Crippen LogP contribution in [0.2, 0.25) is 0 Å². The molecule has 0 spiro atoms. The van der Waals surface area contributed by atoms with Crippen LogP contribution in [0.4, 0.5) is 0 Å². The average Bonchev–Trinajstić information content (AvgIpc) is 2.38. The van der Waals surface area contributed by atoms with Crippen LogP contribution >= 0.6 is 0 Å². The fraction of sp³-hybridized carbons (Fsp3) is 0.154. The number of aliphatic carboxylic acids is 2. The number of benzene rings is 1. The molecule has 1 aliphatic rings. The second-order valence-corrected chi connectivity index (χ2v) is 3.53. The molecule has 0 bridgehead atoms. The minimum absolute atomic E-state index is 0.187. The maximum absolute atomic E-state index is 11.2. The third-order valence-electron chi connectivity index (χ3n) is 2.14. The Morgan fingerprint density at radius 1 is 1.11 bits per heavy atom. The molecule has 0 aromatic heterocycles. The number of ketones is 1. The van der Waals surface area contributed by atoms with Crippen molar-refractivity contribution >= 4 is 17.7 Å². The van der Waals surface area contributed by atoms with E-state index in [2.05, 4.69) is 0 Å². The highest BCUT2D eigenvalue weighted by molar-refractivity contribution is 5.99. The lowest BCUT2D eigenvalue weighted by Crippen LogP contribution is -2.14. The van der Waals surface area contributed by atoms with Gasteiger partial charge in [-0.05, 0) is 12.1 Å². The Kier molecular flexibility index (Phi) is 5.28. The van der Waals surface area contributed by atoms with E-state index in [1.807, 2.05) is 18.2 Å². The fourth-order valence-electron chi connectivity index (χ4n) is 1.35. The molecule has 0 amide bonds. The predicted octanol–water partition coefficient (Wildman–Crippen LogP) is 1.36. The van der Waals surface area contributed by atoms with Crippen LogP contribution in [-0.4, -0.2) is 34.5 Å². The highest BCUT2D eigenvalue weighted by Gasteiger charge is 2.16. The largest absolute Gasteiger partial charge is 0.492 e. The van der Waals surface area contributed by atoms with Crippen LogP contribution in [0.5, 0.6) is 5.75 Å². The summed E-state index contributed by atoms with van der Waals surface area (Å²) in [6, 6.07) is 7.35. The minimum Gasteiger partial charge on any atom is -0.492 e. The van der Waals surface area contributed by atoms with Gasteiger partial charge in [0, 0.05) is 18.6 Å². The lowest BCUT2D eigenvalue weighted by Gasteiger charge is -2.14. The van der Waals surface area contributed by atoms with Crippen molar-refractivity contribution in [2.45, 2.75) is 6.42 Å². The van der Waals surface area contributed by atoms with Gasteiger partial charge < -0.3 is 14.9 Å². The van der Waals surface area contributed by atoms with Gasteiger partial charge in [-0.1, -0.05) is 12.1 Å². The Hall–Kier alpha value is -2.63. The third-order valence-corrected chi connectivity index (χ3v) is 2.14. The van der Waals surface area contributed by atoms with E-state index < -0.39 is 11.9 Å². The summed E-state index contributed by atoms with van der Waals surface area (Å²) in [7, 11) is 0. The Balaban J connectivity index is 0.000000203. The SMILES string of the molecule is O=C(O)C=CC(=O)O.O=C1CCOc2ccccc21. The lowest BCUT2D eigenvalue weighted by atomic mass is 10.1. The van der Waals surface area contributed by atoms with Crippen LogP contribution in [0.3, 0.4) is 0 Å². The molecule has 0 aliphatic carbocycles. The molecule has 0 fully saturated rings. The summed E-state index contributed by atoms with van der Waals surface area (Å²) < 4.78 is 5.27. The summed E-state index contributed by atoms with van der Waals surface area (Å²) in [4.78, 5) is 30.3. The molecule has 1 aromatic rings. The molecule has 0 unspecified atom stereocenters. The monoisotopic (exact) mass is 264 g/mol. The van der Waals surface area contributed by atoms with Gasteiger partial charge in [-0.2, -0.15) is 0 Å². The molecular formula is C13H12O6. The van der Waals surface area contributed by atoms with Crippen LogP contribution in [0.25, 0.3) is 0 Å². The number of para-hydroxylation sites is 1. The second kappa shape index (κ2) is 6.95. The number of carbonyl (C=O) groups excluding carboxylic acids is 1. The summed E-state index contributed by atoms with van der Waals surface area (Å²) in [6.45, 7) is 0.524. The number of fused-ring (bicyclic) bond motifs is 1. The van der Waals surface area contributed by atoms with Gasteiger partial charge in [0.05, 0.1) is 12.2 Å². The van der Waals surface area contributed by atoms with Crippen LogP contribution in [0.15, 0.2) is 36.4 Å². The normalized spacial score (nSPS) is 12.9. The molecule has 2 rings (SSSR count). The van der Waals surface area contributed by atoms with Gasteiger partial charge in [0.1, 0.15) is 5.75 Å². The molecule has 0 atom stereocenters. The first kappa shape index (κ1) is 14.4. The van der Waals surface area contributed by atoms with Crippen molar-refractivity contribution in [3.8, 4) is 5.75 Å². The van der Waals surface area contributed by atoms with Crippen LogP contribution < -0.4 is 4.74 Å². The van der Waals surface area contributed by atoms with Crippen LogP contribution in [0, 0.1) is 0 Å². The molecule has 1 aliphatic heterocycles. The summed E-state index contributed by atoms with van der Waals surface area (Å²) in [5.74, 6) is -1.60. The summed E-state index contributed by atoms with van der Waals surface area (Å²) in [6.07, 6.45) is 1.63. The maximum atomic E-state index is 11.2. The fourth-order valence-corrected chi connectivity index (χ4v) is 1.35. The van der Waals surface area contributed by atoms with Gasteiger partial charge in [-0.3, -0.25) is 4.79 Å². The first-order chi connectivity index (χ1) is 9.00. The predicted molar refractivity (Wildman–Crippen MR) is 65.3 cm³/mol. The molecule has 0 saturated heterocycles. The van der Waals surface area contributed by atoms with Crippen molar-refractivity contribution in [3.05, 3.63) is 42.0 Å². The molecular weight excluding hydrogens is 252 g/mol. The summed E-state index contributed by atoms with van der Waals surface area (Å²) in [5.41, 5.74) is 0.721. The van der Waals surface area contributed by atoms with E-state index in [1.165, 1.54) is 0 Å². The van der Waals surface area contributed by atoms with Crippen molar-refractivity contribution in [3.63, 3.8) is 0 Å². The Labute approximate surface area is 108 Å². The van der Waals surface area contributed by atoms with Gasteiger partial charge in [0.15, 0.2) is 5.78 Å². The van der Waals surface area contributed by atoms with E-state index in [9.17, 15) is 14.4 Å². The number of carboxylic acid groups (broad SMARTS) is 2. The van der Waals surface area contributed by atoms with Crippen LogP contribution in [0.1, 0.15) is 16.8 Å². The van der Waals surface area contributed by atoms with Gasteiger partial charge in [0.25, 0.3) is 0 Å². The van der Waals surface area contributed by atoms with Crippen molar-refractivity contribution in [2.75, 3.05) is 6.61 Å². The van der Waals surface area contributed by atoms with E-state index in [4.69, 9.17) is 14.9 Å². The molecule has 19 heavy (non-hydrogen) atoms. The van der Waals surface area contributed by atoms with Crippen LogP contribution in [-0.2, 0) is 9.59 Å². The third kappa shape index (κ3) is 5.03. The standard InChI is InChI=1S/C9H8O2.C4H4O4/c10-8-5-6-11-9-4-2-1-3-7(8)9;5-3(6)1-2-4(7)8/h1-4H,5-6H2;1-2H,(H,5,6)(H,7,8). The minimum atomic E-state index is -1.26. The van der Waals surface area contributed by atoms with Gasteiger partial charge >= 0.3 is 11.9 Å². The van der Waals surface area contributed by atoms with E-state index in [0.29, 0.717) is 25.2 Å². The average molecular weight is 264 g/mol. The maximum Gasteiger partial charge on any atom is 0.328 e. The van der Waals surface area contributed by atoms with E-state index in [0.717, 1.165) is 11.3 Å². The molecule has 6 nitrogen and oxygen atoms in total. The topological polar surface area (TPSA) is 101 Å². The smallest absolute Gasteiger partial charge is 0.328 e. The van der Waals surface area contributed by atoms with Crippen molar-refractivity contribution < 1.29 is 29.3 Å². The number of hydrogen-bond acceptors (Lipinski definition) is 4. The molecule has 1 aromatic carbocycles. The van der Waals surface area contributed by atoms with Gasteiger partial charge in [0.2, 0.25) is 0 Å². The van der Waals surface area contributed by atoms with Crippen molar-refractivity contribution in [1.29, 1.82) is 0 Å². The van der Waals surface area contributed by atoms with E-state index >= 15 is 0 Å². The van der Waals surface area contributed by atoms with Crippen molar-refractivity contribution in [1.82, 2.24) is 0 Å². The summed E-state index contributed by atoms with van der Waals surface area (Å²) in [5, 5.41) is 15.6.